The first kappa shape index (κ1) is 14.6. The number of nitrogens with one attached hydrogen (secondary N) is 1. The molecule has 0 radical (unpaired) electrons. The number of carbonyl (C=O) groups is 2. The van der Waals surface area contributed by atoms with Crippen LogP contribution in [0.15, 0.2) is 21.9 Å². The van der Waals surface area contributed by atoms with E-state index < -0.39 is 11.6 Å². The van der Waals surface area contributed by atoms with Gasteiger partial charge >= 0.3 is 6.03 Å². The van der Waals surface area contributed by atoms with E-state index in [4.69, 9.17) is 9.15 Å². The van der Waals surface area contributed by atoms with Gasteiger partial charge in [-0.15, -0.1) is 0 Å². The maximum absolute atomic E-state index is 12.7. The molecule has 3 rings (SSSR count). The van der Waals surface area contributed by atoms with Crippen LogP contribution in [0.3, 0.4) is 0 Å². The lowest BCUT2D eigenvalue weighted by atomic mass is 9.99. The van der Waals surface area contributed by atoms with Gasteiger partial charge in [-0.3, -0.25) is 9.69 Å². The maximum Gasteiger partial charge on any atom is 0.325 e. The average molecular weight is 321 g/mol. The van der Waals surface area contributed by atoms with E-state index in [1.807, 2.05) is 0 Å². The third-order valence-corrected chi connectivity index (χ3v) is 4.30. The van der Waals surface area contributed by atoms with Crippen molar-refractivity contribution in [3.63, 3.8) is 0 Å². The highest BCUT2D eigenvalue weighted by Gasteiger charge is 2.51. The number of carbonyl (C=O) groups excluding carboxylic acids is 2. The molecule has 116 valence electrons. The van der Waals surface area contributed by atoms with E-state index in [1.165, 1.54) is 18.6 Å². The minimum atomic E-state index is -1.19. The number of rotatable bonds is 4. The van der Waals surface area contributed by atoms with Crippen LogP contribution in [0, 0.1) is 6.92 Å². The zero-order valence-electron chi connectivity index (χ0n) is 12.4. The fourth-order valence-electron chi connectivity index (χ4n) is 2.40. The summed E-state index contributed by atoms with van der Waals surface area (Å²) in [7, 11) is 1.50. The minimum Gasteiger partial charge on any atom is -0.480 e. The van der Waals surface area contributed by atoms with Gasteiger partial charge in [0.15, 0.2) is 5.54 Å². The lowest BCUT2D eigenvalue weighted by molar-refractivity contribution is -0.132. The van der Waals surface area contributed by atoms with Crippen LogP contribution in [0.25, 0.3) is 0 Å². The van der Waals surface area contributed by atoms with E-state index in [2.05, 4.69) is 9.69 Å². The molecule has 7 nitrogen and oxygen atoms in total. The lowest BCUT2D eigenvalue weighted by Gasteiger charge is -2.19. The Morgan fingerprint density at radius 2 is 2.23 bits per heavy atom. The number of methoxy groups -OCH3 is 1. The SMILES string of the molecule is COc1nscc1CN1C(=O)NC(C)(c2ccc(C)o2)C1=O. The fourth-order valence-corrected chi connectivity index (χ4v) is 3.04. The maximum atomic E-state index is 12.7. The van der Waals surface area contributed by atoms with Gasteiger partial charge in [-0.25, -0.2) is 4.79 Å². The summed E-state index contributed by atoms with van der Waals surface area (Å²) in [5.41, 5.74) is -0.502. The van der Waals surface area contributed by atoms with E-state index in [9.17, 15) is 9.59 Å². The van der Waals surface area contributed by atoms with Crippen molar-refractivity contribution >= 4 is 23.5 Å². The van der Waals surface area contributed by atoms with Crippen molar-refractivity contribution in [2.24, 2.45) is 0 Å². The summed E-state index contributed by atoms with van der Waals surface area (Å²) in [5, 5.41) is 4.45. The molecule has 0 spiro atoms. The van der Waals surface area contributed by atoms with Crippen molar-refractivity contribution < 1.29 is 18.7 Å². The van der Waals surface area contributed by atoms with Crippen molar-refractivity contribution in [3.05, 3.63) is 34.6 Å². The Labute approximate surface area is 131 Å². The van der Waals surface area contributed by atoms with Crippen molar-refractivity contribution in [2.75, 3.05) is 7.11 Å². The topological polar surface area (TPSA) is 84.7 Å². The highest BCUT2D eigenvalue weighted by molar-refractivity contribution is 7.03. The van der Waals surface area contributed by atoms with Crippen LogP contribution in [-0.2, 0) is 16.9 Å². The molecule has 1 unspecified atom stereocenters. The number of imide groups is 1. The van der Waals surface area contributed by atoms with Crippen LogP contribution in [0.4, 0.5) is 4.79 Å². The highest BCUT2D eigenvalue weighted by Crippen LogP contribution is 2.32. The van der Waals surface area contributed by atoms with Gasteiger partial charge in [0.25, 0.3) is 5.91 Å². The van der Waals surface area contributed by atoms with Crippen LogP contribution < -0.4 is 10.1 Å². The summed E-state index contributed by atoms with van der Waals surface area (Å²) in [6.07, 6.45) is 0. The molecular formula is C14H15N3O4S. The summed E-state index contributed by atoms with van der Waals surface area (Å²) < 4.78 is 14.7. The molecule has 3 heterocycles. The van der Waals surface area contributed by atoms with Gasteiger partial charge in [0.1, 0.15) is 11.5 Å². The number of aromatic nitrogens is 1. The number of hydrogen-bond acceptors (Lipinski definition) is 6. The van der Waals surface area contributed by atoms with Gasteiger partial charge in [-0.1, -0.05) is 0 Å². The number of urea groups is 1. The normalized spacial score (nSPS) is 21.3. The fraction of sp³-hybridized carbons (Fsp3) is 0.357. The Kier molecular flexibility index (Phi) is 3.40. The second kappa shape index (κ2) is 5.13. The van der Waals surface area contributed by atoms with Crippen molar-refractivity contribution in [1.82, 2.24) is 14.6 Å². The molecule has 0 bridgehead atoms. The van der Waals surface area contributed by atoms with Crippen molar-refractivity contribution in [2.45, 2.75) is 25.9 Å². The molecule has 1 aliphatic heterocycles. The van der Waals surface area contributed by atoms with Gasteiger partial charge < -0.3 is 14.5 Å². The lowest BCUT2D eigenvalue weighted by Crippen LogP contribution is -2.40. The largest absolute Gasteiger partial charge is 0.480 e. The Hall–Kier alpha value is -2.35. The zero-order valence-corrected chi connectivity index (χ0v) is 13.2. The third kappa shape index (κ3) is 2.16. The van der Waals surface area contributed by atoms with Crippen LogP contribution in [0.5, 0.6) is 5.88 Å². The quantitative estimate of drug-likeness (QED) is 0.871. The van der Waals surface area contributed by atoms with Crippen LogP contribution in [-0.4, -0.2) is 28.3 Å². The molecule has 22 heavy (non-hydrogen) atoms. The first-order valence-electron chi connectivity index (χ1n) is 6.64. The van der Waals surface area contributed by atoms with Gasteiger partial charge in [-0.2, -0.15) is 4.37 Å². The molecule has 0 saturated carbocycles. The van der Waals surface area contributed by atoms with E-state index in [0.717, 1.165) is 4.90 Å². The molecular weight excluding hydrogens is 306 g/mol. The molecule has 2 aromatic heterocycles. The molecule has 0 aliphatic carbocycles. The van der Waals surface area contributed by atoms with Crippen LogP contribution in [0.1, 0.15) is 24.0 Å². The Bertz CT molecular complexity index is 738. The van der Waals surface area contributed by atoms with E-state index >= 15 is 0 Å². The van der Waals surface area contributed by atoms with Crippen molar-refractivity contribution in [1.29, 1.82) is 0 Å². The smallest absolute Gasteiger partial charge is 0.325 e. The average Bonchev–Trinajstić information content (AvgIpc) is 3.16. The molecule has 1 saturated heterocycles. The first-order chi connectivity index (χ1) is 10.5. The zero-order chi connectivity index (χ0) is 15.9. The molecule has 8 heteroatoms. The highest BCUT2D eigenvalue weighted by atomic mass is 32.1. The molecule has 2 aromatic rings. The standard InChI is InChI=1S/C14H15N3O4S/c1-8-4-5-10(21-8)14(2)12(18)17(13(19)15-14)6-9-7-22-16-11(9)20-3/h4-5,7H,6H2,1-3H3,(H,15,19). The van der Waals surface area contributed by atoms with Crippen LogP contribution >= 0.6 is 11.5 Å². The Balaban J connectivity index is 1.88. The van der Waals surface area contributed by atoms with Gasteiger partial charge in [0.2, 0.25) is 5.88 Å². The summed E-state index contributed by atoms with van der Waals surface area (Å²) in [6.45, 7) is 3.53. The van der Waals surface area contributed by atoms with E-state index in [0.29, 0.717) is 23.0 Å². The number of ether oxygens (including phenoxy) is 1. The Morgan fingerprint density at radius 1 is 1.45 bits per heavy atom. The second-order valence-corrected chi connectivity index (χ2v) is 5.83. The summed E-state index contributed by atoms with van der Waals surface area (Å²) >= 11 is 1.21. The minimum absolute atomic E-state index is 0.111. The van der Waals surface area contributed by atoms with Crippen LogP contribution in [0.2, 0.25) is 0 Å². The number of hydrogen-bond donors (Lipinski definition) is 1. The summed E-state index contributed by atoms with van der Waals surface area (Å²) in [5.74, 6) is 1.16. The predicted molar refractivity (Wildman–Crippen MR) is 78.5 cm³/mol. The molecule has 0 aromatic carbocycles. The summed E-state index contributed by atoms with van der Waals surface area (Å²) in [6, 6.07) is 2.99. The van der Waals surface area contributed by atoms with Gasteiger partial charge in [0, 0.05) is 10.9 Å². The van der Waals surface area contributed by atoms with Gasteiger partial charge in [0.05, 0.1) is 13.7 Å². The second-order valence-electron chi connectivity index (χ2n) is 5.21. The monoisotopic (exact) mass is 321 g/mol. The molecule has 3 amide bonds. The first-order valence-corrected chi connectivity index (χ1v) is 7.47. The van der Waals surface area contributed by atoms with Gasteiger partial charge in [-0.05, 0) is 37.5 Å². The number of amides is 3. The predicted octanol–water partition coefficient (Wildman–Crippen LogP) is 2.02. The number of nitrogens with zero attached hydrogens (tertiary/aromatic N) is 2. The summed E-state index contributed by atoms with van der Waals surface area (Å²) in [4.78, 5) is 26.0. The third-order valence-electron chi connectivity index (χ3n) is 3.64. The number of furan rings is 1. The molecule has 1 aliphatic rings. The molecule has 1 fully saturated rings. The Morgan fingerprint density at radius 3 is 2.86 bits per heavy atom. The number of aryl methyl sites for hydroxylation is 1. The van der Waals surface area contributed by atoms with E-state index in [-0.39, 0.29) is 12.5 Å². The van der Waals surface area contributed by atoms with Crippen molar-refractivity contribution in [3.8, 4) is 5.88 Å². The molecule has 1 N–H and O–H groups in total. The molecule has 1 atom stereocenters. The van der Waals surface area contributed by atoms with E-state index in [1.54, 1.807) is 31.4 Å².